The molecule has 5 aromatic rings. The molecular weight excluding hydrogens is 571 g/mol. The van der Waals surface area contributed by atoms with Crippen LogP contribution in [0.4, 0.5) is 18.9 Å². The fourth-order valence-electron chi connectivity index (χ4n) is 5.14. The molecular formula is C32H30F3N7O2. The molecule has 0 saturated carbocycles. The average molecular weight is 602 g/mol. The number of nitrogens with one attached hydrogen (secondary N) is 2. The second-order valence-electron chi connectivity index (χ2n) is 10.8. The molecule has 0 aliphatic carbocycles. The average Bonchev–Trinajstić information content (AvgIpc) is 3.49. The number of ether oxygens (including phenoxy) is 1. The molecule has 1 saturated heterocycles. The number of amides is 1. The van der Waals surface area contributed by atoms with E-state index in [1.165, 1.54) is 18.2 Å². The Kier molecular flexibility index (Phi) is 8.02. The van der Waals surface area contributed by atoms with Gasteiger partial charge in [0.05, 0.1) is 11.1 Å². The summed E-state index contributed by atoms with van der Waals surface area (Å²) < 4.78 is 48.4. The number of nitrogens with zero attached hydrogens (tertiary/aromatic N) is 5. The van der Waals surface area contributed by atoms with Crippen LogP contribution in [0.3, 0.4) is 0 Å². The molecule has 12 heteroatoms. The molecule has 6 rings (SSSR count). The van der Waals surface area contributed by atoms with Crippen LogP contribution in [0.5, 0.6) is 11.6 Å². The third-order valence-electron chi connectivity index (χ3n) is 7.62. The number of aryl methyl sites for hydroxylation is 1. The molecule has 2 N–H and O–H groups in total. The first-order valence-electron chi connectivity index (χ1n) is 14.1. The molecule has 226 valence electrons. The van der Waals surface area contributed by atoms with E-state index in [2.05, 4.69) is 30.2 Å². The minimum atomic E-state index is -4.57. The number of piperazine rings is 1. The number of benzene rings is 2. The Hall–Kier alpha value is -4.81. The lowest BCUT2D eigenvalue weighted by Gasteiger charge is -2.33. The van der Waals surface area contributed by atoms with E-state index in [0.717, 1.165) is 19.2 Å². The Labute approximate surface area is 251 Å². The largest absolute Gasteiger partial charge is 0.437 e. The lowest BCUT2D eigenvalue weighted by atomic mass is 10.0. The molecule has 44 heavy (non-hydrogen) atoms. The normalized spacial score (nSPS) is 14.6. The fraction of sp³-hybridized carbons (Fsp3) is 0.250. The van der Waals surface area contributed by atoms with Gasteiger partial charge in [-0.2, -0.15) is 18.2 Å². The van der Waals surface area contributed by atoms with Gasteiger partial charge in [0.25, 0.3) is 5.91 Å². The highest BCUT2D eigenvalue weighted by atomic mass is 19.4. The van der Waals surface area contributed by atoms with Crippen LogP contribution in [0.15, 0.2) is 73.2 Å². The van der Waals surface area contributed by atoms with Gasteiger partial charge in [-0.1, -0.05) is 12.1 Å². The van der Waals surface area contributed by atoms with Crippen molar-refractivity contribution < 1.29 is 22.7 Å². The summed E-state index contributed by atoms with van der Waals surface area (Å²) in [6, 6.07) is 14.3. The molecule has 0 atom stereocenters. The predicted molar refractivity (Wildman–Crippen MR) is 161 cm³/mol. The zero-order valence-electron chi connectivity index (χ0n) is 24.2. The first-order chi connectivity index (χ1) is 21.1. The van der Waals surface area contributed by atoms with Crippen LogP contribution < -0.4 is 10.1 Å². The number of alkyl halides is 3. The molecule has 3 aromatic heterocycles. The minimum Gasteiger partial charge on any atom is -0.437 e. The highest BCUT2D eigenvalue weighted by Gasteiger charge is 2.34. The number of carbonyl (C=O) groups excluding carboxylic acids is 1. The van der Waals surface area contributed by atoms with Crippen molar-refractivity contribution in [3.05, 3.63) is 95.4 Å². The Balaban J connectivity index is 1.24. The third-order valence-corrected chi connectivity index (χ3v) is 7.62. The monoisotopic (exact) mass is 601 g/mol. The summed E-state index contributed by atoms with van der Waals surface area (Å²) in [4.78, 5) is 33.9. The lowest BCUT2D eigenvalue weighted by Crippen LogP contribution is -2.44. The third kappa shape index (κ3) is 6.41. The molecule has 1 amide bonds. The van der Waals surface area contributed by atoms with Crippen molar-refractivity contribution in [2.75, 3.05) is 38.5 Å². The summed E-state index contributed by atoms with van der Waals surface area (Å²) in [5, 5.41) is 2.64. The SMILES string of the molecule is Cc1ccc(Oc2nc(-c3cccnc3)nc3cc[nH]c23)cc1C(=O)Nc1ccc(CN2CCN(C)CC2)c(C(F)(F)F)c1. The number of hydrogen-bond donors (Lipinski definition) is 2. The Bertz CT molecular complexity index is 1800. The quantitative estimate of drug-likeness (QED) is 0.231. The first kappa shape index (κ1) is 29.3. The number of anilines is 1. The maximum Gasteiger partial charge on any atom is 0.416 e. The van der Waals surface area contributed by atoms with Crippen molar-refractivity contribution in [2.24, 2.45) is 0 Å². The van der Waals surface area contributed by atoms with Crippen LogP contribution in [-0.4, -0.2) is 68.9 Å². The number of H-pyrrole nitrogens is 1. The molecule has 2 aromatic carbocycles. The van der Waals surface area contributed by atoms with Crippen molar-refractivity contribution in [2.45, 2.75) is 19.6 Å². The minimum absolute atomic E-state index is 0.0557. The smallest absolute Gasteiger partial charge is 0.416 e. The molecule has 1 aliphatic rings. The highest BCUT2D eigenvalue weighted by molar-refractivity contribution is 6.05. The second-order valence-corrected chi connectivity index (χ2v) is 10.8. The van der Waals surface area contributed by atoms with Crippen molar-refractivity contribution in [3.63, 3.8) is 0 Å². The van der Waals surface area contributed by atoms with Gasteiger partial charge in [0.1, 0.15) is 11.3 Å². The van der Waals surface area contributed by atoms with Gasteiger partial charge < -0.3 is 19.9 Å². The standard InChI is InChI=1S/C32H30F3N7O2/c1-20-5-8-24(44-31-28-27(9-11-37-28)39-29(40-31)21-4-3-10-36-18-21)17-25(20)30(43)38-23-7-6-22(26(16-23)32(33,34)35)19-42-14-12-41(2)13-15-42/h3-11,16-18,37H,12-15,19H2,1-2H3,(H,38,43). The summed E-state index contributed by atoms with van der Waals surface area (Å²) >= 11 is 0. The summed E-state index contributed by atoms with van der Waals surface area (Å²) in [5.41, 5.74) is 2.26. The Morgan fingerprint density at radius 1 is 1.05 bits per heavy atom. The van der Waals surface area contributed by atoms with Crippen molar-refractivity contribution in [3.8, 4) is 23.0 Å². The van der Waals surface area contributed by atoms with E-state index in [1.54, 1.807) is 49.8 Å². The summed E-state index contributed by atoms with van der Waals surface area (Å²) in [5.74, 6) is 0.435. The number of hydrogen-bond acceptors (Lipinski definition) is 7. The Morgan fingerprint density at radius 2 is 1.86 bits per heavy atom. The molecule has 0 unspecified atom stereocenters. The number of carbonyl (C=O) groups is 1. The second kappa shape index (κ2) is 12.1. The van der Waals surface area contributed by atoms with Crippen LogP contribution in [0.2, 0.25) is 0 Å². The molecule has 1 aliphatic heterocycles. The molecule has 4 heterocycles. The van der Waals surface area contributed by atoms with E-state index >= 15 is 0 Å². The predicted octanol–water partition coefficient (Wildman–Crippen LogP) is 6.14. The lowest BCUT2D eigenvalue weighted by molar-refractivity contribution is -0.138. The highest BCUT2D eigenvalue weighted by Crippen LogP contribution is 2.35. The number of pyridine rings is 1. The van der Waals surface area contributed by atoms with Crippen LogP contribution in [0.1, 0.15) is 27.0 Å². The molecule has 0 spiro atoms. The van der Waals surface area contributed by atoms with E-state index in [4.69, 9.17) is 4.74 Å². The zero-order chi connectivity index (χ0) is 30.8. The van der Waals surface area contributed by atoms with Gasteiger partial charge in [0.15, 0.2) is 5.82 Å². The van der Waals surface area contributed by atoms with Crippen molar-refractivity contribution in [1.82, 2.24) is 29.7 Å². The van der Waals surface area contributed by atoms with Crippen LogP contribution in [0, 0.1) is 6.92 Å². The van der Waals surface area contributed by atoms with Gasteiger partial charge in [0.2, 0.25) is 5.88 Å². The first-order valence-corrected chi connectivity index (χ1v) is 14.1. The van der Waals surface area contributed by atoms with Gasteiger partial charge in [-0.25, -0.2) is 4.98 Å². The van der Waals surface area contributed by atoms with E-state index in [0.29, 0.717) is 46.8 Å². The van der Waals surface area contributed by atoms with Crippen molar-refractivity contribution in [1.29, 1.82) is 0 Å². The number of halogens is 3. The number of rotatable bonds is 7. The molecule has 0 bridgehead atoms. The molecule has 9 nitrogen and oxygen atoms in total. The van der Waals surface area contributed by atoms with Crippen LogP contribution in [-0.2, 0) is 12.7 Å². The van der Waals surface area contributed by atoms with E-state index in [9.17, 15) is 18.0 Å². The zero-order valence-corrected chi connectivity index (χ0v) is 24.2. The van der Waals surface area contributed by atoms with E-state index in [-0.39, 0.29) is 29.2 Å². The van der Waals surface area contributed by atoms with Crippen LogP contribution in [0.25, 0.3) is 22.4 Å². The topological polar surface area (TPSA) is 99.3 Å². The molecule has 0 radical (unpaired) electrons. The maximum atomic E-state index is 14.1. The van der Waals surface area contributed by atoms with E-state index in [1.807, 2.05) is 18.0 Å². The molecule has 1 fully saturated rings. The van der Waals surface area contributed by atoms with Gasteiger partial charge in [0, 0.05) is 68.1 Å². The maximum absolute atomic E-state index is 14.1. The van der Waals surface area contributed by atoms with E-state index < -0.39 is 17.6 Å². The van der Waals surface area contributed by atoms with Crippen molar-refractivity contribution >= 4 is 22.6 Å². The summed E-state index contributed by atoms with van der Waals surface area (Å²) in [7, 11) is 2.00. The number of aromatic nitrogens is 4. The van der Waals surface area contributed by atoms with Gasteiger partial charge in [-0.3, -0.25) is 14.7 Å². The number of likely N-dealkylation sites (N-methyl/N-ethyl adjacent to an activating group) is 1. The van der Waals surface area contributed by atoms with Gasteiger partial charge >= 0.3 is 6.18 Å². The summed E-state index contributed by atoms with van der Waals surface area (Å²) in [6.45, 7) is 4.92. The fourth-order valence-corrected chi connectivity index (χ4v) is 5.14. The Morgan fingerprint density at radius 3 is 2.61 bits per heavy atom. The van der Waals surface area contributed by atoms with Gasteiger partial charge in [-0.05, 0) is 67.6 Å². The number of fused-ring (bicyclic) bond motifs is 1. The van der Waals surface area contributed by atoms with Gasteiger partial charge in [-0.15, -0.1) is 0 Å². The number of aromatic amines is 1. The van der Waals surface area contributed by atoms with Crippen LogP contribution >= 0.6 is 0 Å². The summed E-state index contributed by atoms with van der Waals surface area (Å²) in [6.07, 6.45) is 0.455.